The van der Waals surface area contributed by atoms with E-state index in [-0.39, 0.29) is 27.9 Å². The molecule has 2 aromatic heterocycles. The number of benzene rings is 1. The summed E-state index contributed by atoms with van der Waals surface area (Å²) in [5, 5.41) is 9.89. The average molecular weight is 272 g/mol. The molecule has 92 valence electrons. The largest absolute Gasteiger partial charge is 0.437 e. The van der Waals surface area contributed by atoms with Crippen LogP contribution in [0.3, 0.4) is 0 Å². The van der Waals surface area contributed by atoms with E-state index in [1.807, 2.05) is 6.07 Å². The van der Waals surface area contributed by atoms with Gasteiger partial charge in [-0.05, 0) is 24.3 Å². The highest BCUT2D eigenvalue weighted by molar-refractivity contribution is 6.31. The van der Waals surface area contributed by atoms with Crippen LogP contribution in [0.1, 0.15) is 5.56 Å². The van der Waals surface area contributed by atoms with Crippen molar-refractivity contribution in [3.8, 4) is 6.07 Å². The number of anilines is 1. The minimum Gasteiger partial charge on any atom is -0.437 e. The Morgan fingerprint density at radius 2 is 2.11 bits per heavy atom. The first-order valence-corrected chi connectivity index (χ1v) is 5.70. The SMILES string of the molecule is N#Cc1cc2c(=O)c3cc(Cl)ccc3oc2nc1N. The number of nitriles is 1. The third kappa shape index (κ3) is 1.70. The number of hydrogen-bond donors (Lipinski definition) is 1. The van der Waals surface area contributed by atoms with Gasteiger partial charge in [-0.3, -0.25) is 4.79 Å². The molecule has 3 rings (SSSR count). The van der Waals surface area contributed by atoms with Gasteiger partial charge in [0.15, 0.2) is 0 Å². The summed E-state index contributed by atoms with van der Waals surface area (Å²) in [5.74, 6) is 0.0338. The highest BCUT2D eigenvalue weighted by Gasteiger charge is 2.12. The molecule has 0 saturated heterocycles. The maximum atomic E-state index is 12.3. The molecule has 0 fully saturated rings. The summed E-state index contributed by atoms with van der Waals surface area (Å²) in [4.78, 5) is 16.2. The quantitative estimate of drug-likeness (QED) is 0.634. The molecule has 5 nitrogen and oxygen atoms in total. The van der Waals surface area contributed by atoms with Crippen LogP contribution in [-0.2, 0) is 0 Å². The van der Waals surface area contributed by atoms with Crippen LogP contribution in [0.2, 0.25) is 5.02 Å². The first-order chi connectivity index (χ1) is 9.10. The molecular weight excluding hydrogens is 266 g/mol. The van der Waals surface area contributed by atoms with Crippen LogP contribution in [0, 0.1) is 11.3 Å². The zero-order chi connectivity index (χ0) is 13.6. The van der Waals surface area contributed by atoms with Crippen molar-refractivity contribution in [2.45, 2.75) is 0 Å². The van der Waals surface area contributed by atoms with Crippen molar-refractivity contribution in [2.75, 3.05) is 5.73 Å². The number of nitrogens with zero attached hydrogens (tertiary/aromatic N) is 2. The van der Waals surface area contributed by atoms with Gasteiger partial charge in [0.05, 0.1) is 16.3 Å². The second-order valence-electron chi connectivity index (χ2n) is 3.96. The highest BCUT2D eigenvalue weighted by Crippen LogP contribution is 2.22. The molecule has 0 aliphatic rings. The molecule has 6 heteroatoms. The number of halogens is 1. The maximum Gasteiger partial charge on any atom is 0.232 e. The van der Waals surface area contributed by atoms with Gasteiger partial charge >= 0.3 is 0 Å². The van der Waals surface area contributed by atoms with Crippen LogP contribution < -0.4 is 11.2 Å². The van der Waals surface area contributed by atoms with E-state index in [2.05, 4.69) is 4.98 Å². The summed E-state index contributed by atoms with van der Waals surface area (Å²) < 4.78 is 5.50. The normalized spacial score (nSPS) is 10.7. The molecule has 0 bridgehead atoms. The number of fused-ring (bicyclic) bond motifs is 2. The Morgan fingerprint density at radius 3 is 2.84 bits per heavy atom. The third-order valence-electron chi connectivity index (χ3n) is 2.77. The predicted octanol–water partition coefficient (Wildman–Crippen LogP) is 2.45. The molecule has 0 unspecified atom stereocenters. The van der Waals surface area contributed by atoms with E-state index >= 15 is 0 Å². The molecule has 0 spiro atoms. The Labute approximate surface area is 111 Å². The van der Waals surface area contributed by atoms with Crippen LogP contribution in [0.4, 0.5) is 5.82 Å². The summed E-state index contributed by atoms with van der Waals surface area (Å²) >= 11 is 5.86. The Hall–Kier alpha value is -2.58. The molecule has 1 aromatic carbocycles. The highest BCUT2D eigenvalue weighted by atomic mass is 35.5. The fourth-order valence-electron chi connectivity index (χ4n) is 1.86. The fraction of sp³-hybridized carbons (Fsp3) is 0. The average Bonchev–Trinajstić information content (AvgIpc) is 2.39. The van der Waals surface area contributed by atoms with Crippen LogP contribution in [0.5, 0.6) is 0 Å². The van der Waals surface area contributed by atoms with Gasteiger partial charge in [0.1, 0.15) is 17.5 Å². The van der Waals surface area contributed by atoms with Gasteiger partial charge in [-0.25, -0.2) is 0 Å². The molecule has 2 N–H and O–H groups in total. The Bertz CT molecular complexity index is 925. The smallest absolute Gasteiger partial charge is 0.232 e. The zero-order valence-corrected chi connectivity index (χ0v) is 10.2. The lowest BCUT2D eigenvalue weighted by molar-refractivity contribution is 0.645. The maximum absolute atomic E-state index is 12.3. The number of aromatic nitrogens is 1. The minimum atomic E-state index is -0.289. The Kier molecular flexibility index (Phi) is 2.40. The lowest BCUT2D eigenvalue weighted by Gasteiger charge is -2.03. The summed E-state index contributed by atoms with van der Waals surface area (Å²) in [6.45, 7) is 0. The third-order valence-corrected chi connectivity index (χ3v) is 3.01. The van der Waals surface area contributed by atoms with E-state index in [0.29, 0.717) is 16.0 Å². The van der Waals surface area contributed by atoms with E-state index in [9.17, 15) is 4.79 Å². The van der Waals surface area contributed by atoms with E-state index in [1.165, 1.54) is 12.1 Å². The van der Waals surface area contributed by atoms with Gasteiger partial charge in [0.25, 0.3) is 0 Å². The minimum absolute atomic E-state index is 0.0338. The van der Waals surface area contributed by atoms with Crippen molar-refractivity contribution >= 4 is 39.5 Å². The van der Waals surface area contributed by atoms with Gasteiger partial charge in [0.2, 0.25) is 11.1 Å². The molecule has 2 heterocycles. The molecule has 0 radical (unpaired) electrons. The van der Waals surface area contributed by atoms with Crippen molar-refractivity contribution in [2.24, 2.45) is 0 Å². The molecule has 0 saturated carbocycles. The molecule has 0 atom stereocenters. The number of hydrogen-bond acceptors (Lipinski definition) is 5. The topological polar surface area (TPSA) is 92.9 Å². The molecular formula is C13H6ClN3O2. The lowest BCUT2D eigenvalue weighted by atomic mass is 10.1. The van der Waals surface area contributed by atoms with Crippen LogP contribution in [-0.4, -0.2) is 4.98 Å². The van der Waals surface area contributed by atoms with Crippen molar-refractivity contribution in [3.05, 3.63) is 45.1 Å². The van der Waals surface area contributed by atoms with E-state index in [0.717, 1.165) is 0 Å². The van der Waals surface area contributed by atoms with Gasteiger partial charge in [-0.2, -0.15) is 10.2 Å². The van der Waals surface area contributed by atoms with Gasteiger partial charge in [-0.15, -0.1) is 0 Å². The van der Waals surface area contributed by atoms with Crippen molar-refractivity contribution in [3.63, 3.8) is 0 Å². The van der Waals surface area contributed by atoms with E-state index in [1.54, 1.807) is 12.1 Å². The van der Waals surface area contributed by atoms with Crippen molar-refractivity contribution in [1.29, 1.82) is 5.26 Å². The van der Waals surface area contributed by atoms with E-state index < -0.39 is 0 Å². The summed E-state index contributed by atoms with van der Waals surface area (Å²) in [5.41, 5.74) is 5.93. The second-order valence-corrected chi connectivity index (χ2v) is 4.39. The molecule has 0 aliphatic heterocycles. The van der Waals surface area contributed by atoms with Gasteiger partial charge in [-0.1, -0.05) is 11.6 Å². The van der Waals surface area contributed by atoms with Gasteiger partial charge < -0.3 is 10.2 Å². The number of nitrogens with two attached hydrogens (primary N) is 1. The van der Waals surface area contributed by atoms with Gasteiger partial charge in [0, 0.05) is 5.02 Å². The van der Waals surface area contributed by atoms with Crippen LogP contribution >= 0.6 is 11.6 Å². The predicted molar refractivity (Wildman–Crippen MR) is 71.9 cm³/mol. The van der Waals surface area contributed by atoms with Crippen LogP contribution in [0.25, 0.3) is 22.1 Å². The first-order valence-electron chi connectivity index (χ1n) is 5.33. The van der Waals surface area contributed by atoms with Crippen molar-refractivity contribution in [1.82, 2.24) is 4.98 Å². The molecule has 19 heavy (non-hydrogen) atoms. The summed E-state index contributed by atoms with van der Waals surface area (Å²) in [6, 6.07) is 7.99. The monoisotopic (exact) mass is 271 g/mol. The molecule has 3 aromatic rings. The number of rotatable bonds is 0. The Morgan fingerprint density at radius 1 is 1.32 bits per heavy atom. The van der Waals surface area contributed by atoms with Crippen molar-refractivity contribution < 1.29 is 4.42 Å². The molecule has 0 amide bonds. The Balaban J connectivity index is 2.55. The molecule has 0 aliphatic carbocycles. The van der Waals surface area contributed by atoms with E-state index in [4.69, 9.17) is 27.0 Å². The fourth-order valence-corrected chi connectivity index (χ4v) is 2.03. The second kappa shape index (κ2) is 3.97. The standard InChI is InChI=1S/C13H6ClN3O2/c14-7-1-2-10-8(4-7)11(18)9-3-6(5-15)12(16)17-13(9)19-10/h1-4H,(H2,16,17). The summed E-state index contributed by atoms with van der Waals surface area (Å²) in [7, 11) is 0. The zero-order valence-electron chi connectivity index (χ0n) is 9.48. The lowest BCUT2D eigenvalue weighted by Crippen LogP contribution is -2.05. The van der Waals surface area contributed by atoms with Crippen LogP contribution in [0.15, 0.2) is 33.5 Å². The summed E-state index contributed by atoms with van der Waals surface area (Å²) in [6.07, 6.45) is 0. The first kappa shape index (κ1) is 11.5. The number of pyridine rings is 1. The number of nitrogen functional groups attached to an aromatic ring is 1.